The first-order chi connectivity index (χ1) is 8.20. The third kappa shape index (κ3) is 3.45. The molecule has 1 saturated heterocycles. The second kappa shape index (κ2) is 6.19. The first-order valence-electron chi connectivity index (χ1n) is 7.70. The summed E-state index contributed by atoms with van der Waals surface area (Å²) in [5.74, 6) is 0.998. The second-order valence-corrected chi connectivity index (χ2v) is 6.22. The third-order valence-corrected chi connectivity index (χ3v) is 5.04. The van der Waals surface area contributed by atoms with Gasteiger partial charge in [0.25, 0.3) is 0 Å². The fraction of sp³-hybridized carbons (Fsp3) is 1.00. The molecule has 1 aliphatic carbocycles. The number of hydrogen-bond acceptors (Lipinski definition) is 2. The van der Waals surface area contributed by atoms with Gasteiger partial charge in [0.05, 0.1) is 0 Å². The first kappa shape index (κ1) is 13.4. The van der Waals surface area contributed by atoms with Crippen LogP contribution in [0.25, 0.3) is 0 Å². The van der Waals surface area contributed by atoms with Gasteiger partial charge < -0.3 is 10.2 Å². The quantitative estimate of drug-likeness (QED) is 0.813. The number of rotatable bonds is 3. The van der Waals surface area contributed by atoms with Crippen LogP contribution in [0.4, 0.5) is 0 Å². The van der Waals surface area contributed by atoms with Crippen LogP contribution in [0.3, 0.4) is 0 Å². The predicted octanol–water partition coefficient (Wildman–Crippen LogP) is 3.03. The second-order valence-electron chi connectivity index (χ2n) is 6.22. The van der Waals surface area contributed by atoms with Crippen molar-refractivity contribution < 1.29 is 0 Å². The maximum atomic E-state index is 3.76. The Bertz CT molecular complexity index is 225. The Labute approximate surface area is 107 Å². The van der Waals surface area contributed by atoms with Gasteiger partial charge >= 0.3 is 0 Å². The standard InChI is InChI=1S/C15H30N2/c1-4-15-9-11-17(10-8-12(2)16-15)13(3)14-6-5-7-14/h12-16H,4-11H2,1-3H3. The summed E-state index contributed by atoms with van der Waals surface area (Å²) in [7, 11) is 0. The van der Waals surface area contributed by atoms with E-state index in [1.165, 1.54) is 51.6 Å². The van der Waals surface area contributed by atoms with E-state index in [9.17, 15) is 0 Å². The molecule has 2 heteroatoms. The van der Waals surface area contributed by atoms with Crippen LogP contribution in [0.2, 0.25) is 0 Å². The van der Waals surface area contributed by atoms with Crippen LogP contribution in [0.1, 0.15) is 59.3 Å². The van der Waals surface area contributed by atoms with Gasteiger partial charge in [-0.1, -0.05) is 13.3 Å². The van der Waals surface area contributed by atoms with Crippen molar-refractivity contribution in [3.8, 4) is 0 Å². The lowest BCUT2D eigenvalue weighted by Gasteiger charge is -2.41. The van der Waals surface area contributed by atoms with E-state index in [4.69, 9.17) is 0 Å². The first-order valence-corrected chi connectivity index (χ1v) is 7.70. The van der Waals surface area contributed by atoms with Gasteiger partial charge in [-0.05, 0) is 65.0 Å². The highest BCUT2D eigenvalue weighted by Gasteiger charge is 2.29. The van der Waals surface area contributed by atoms with E-state index >= 15 is 0 Å². The molecule has 17 heavy (non-hydrogen) atoms. The molecule has 0 radical (unpaired) electrons. The van der Waals surface area contributed by atoms with Crippen molar-refractivity contribution in [3.05, 3.63) is 0 Å². The lowest BCUT2D eigenvalue weighted by atomic mass is 9.79. The van der Waals surface area contributed by atoms with E-state index in [0.717, 1.165) is 18.0 Å². The number of nitrogens with zero attached hydrogens (tertiary/aromatic N) is 1. The largest absolute Gasteiger partial charge is 0.311 e. The molecule has 1 aliphatic heterocycles. The molecule has 3 atom stereocenters. The Kier molecular flexibility index (Phi) is 4.87. The summed E-state index contributed by atoms with van der Waals surface area (Å²) >= 11 is 0. The summed E-state index contributed by atoms with van der Waals surface area (Å²) in [6, 6.07) is 2.25. The van der Waals surface area contributed by atoms with Gasteiger partial charge in [-0.3, -0.25) is 0 Å². The van der Waals surface area contributed by atoms with Gasteiger partial charge in [0.2, 0.25) is 0 Å². The molecule has 1 saturated carbocycles. The lowest BCUT2D eigenvalue weighted by molar-refractivity contribution is 0.0908. The highest BCUT2D eigenvalue weighted by Crippen LogP contribution is 2.32. The summed E-state index contributed by atoms with van der Waals surface area (Å²) < 4.78 is 0. The minimum Gasteiger partial charge on any atom is -0.311 e. The molecule has 0 aromatic heterocycles. The van der Waals surface area contributed by atoms with E-state index in [0.29, 0.717) is 6.04 Å². The van der Waals surface area contributed by atoms with Crippen LogP contribution in [0.5, 0.6) is 0 Å². The van der Waals surface area contributed by atoms with Crippen molar-refractivity contribution >= 4 is 0 Å². The van der Waals surface area contributed by atoms with Gasteiger partial charge in [-0.2, -0.15) is 0 Å². The van der Waals surface area contributed by atoms with E-state index < -0.39 is 0 Å². The van der Waals surface area contributed by atoms with Gasteiger partial charge in [0.15, 0.2) is 0 Å². The number of nitrogens with one attached hydrogen (secondary N) is 1. The fourth-order valence-corrected chi connectivity index (χ4v) is 3.31. The van der Waals surface area contributed by atoms with E-state index in [-0.39, 0.29) is 0 Å². The molecule has 1 heterocycles. The molecule has 0 amide bonds. The molecular formula is C15H30N2. The summed E-state index contributed by atoms with van der Waals surface area (Å²) in [4.78, 5) is 2.77. The van der Waals surface area contributed by atoms with Crippen molar-refractivity contribution in [2.45, 2.75) is 77.4 Å². The van der Waals surface area contributed by atoms with Crippen molar-refractivity contribution in [2.24, 2.45) is 5.92 Å². The Morgan fingerprint density at radius 3 is 2.47 bits per heavy atom. The molecule has 2 aliphatic rings. The maximum absolute atomic E-state index is 3.76. The molecule has 0 spiro atoms. The normalized spacial score (nSPS) is 34.8. The maximum Gasteiger partial charge on any atom is 0.00952 e. The molecule has 2 nitrogen and oxygen atoms in total. The Balaban J connectivity index is 1.88. The Hall–Kier alpha value is -0.0800. The molecule has 3 unspecified atom stereocenters. The van der Waals surface area contributed by atoms with Crippen molar-refractivity contribution in [1.82, 2.24) is 10.2 Å². The lowest BCUT2D eigenvalue weighted by Crippen LogP contribution is -2.48. The van der Waals surface area contributed by atoms with Crippen LogP contribution in [-0.4, -0.2) is 36.1 Å². The molecule has 0 aromatic carbocycles. The Morgan fingerprint density at radius 2 is 1.88 bits per heavy atom. The molecule has 2 fully saturated rings. The van der Waals surface area contributed by atoms with Crippen molar-refractivity contribution in [2.75, 3.05) is 13.1 Å². The van der Waals surface area contributed by atoms with E-state index in [1.807, 2.05) is 0 Å². The predicted molar refractivity (Wildman–Crippen MR) is 74.3 cm³/mol. The average molecular weight is 238 g/mol. The molecule has 100 valence electrons. The van der Waals surface area contributed by atoms with Crippen LogP contribution >= 0.6 is 0 Å². The topological polar surface area (TPSA) is 15.3 Å². The number of hydrogen-bond donors (Lipinski definition) is 1. The van der Waals surface area contributed by atoms with Gasteiger partial charge in [-0.15, -0.1) is 0 Å². The monoisotopic (exact) mass is 238 g/mol. The molecule has 0 bridgehead atoms. The van der Waals surface area contributed by atoms with Crippen molar-refractivity contribution in [3.63, 3.8) is 0 Å². The van der Waals surface area contributed by atoms with Crippen LogP contribution in [0.15, 0.2) is 0 Å². The minimum atomic E-state index is 0.691. The van der Waals surface area contributed by atoms with Gasteiger partial charge in [0.1, 0.15) is 0 Å². The van der Waals surface area contributed by atoms with E-state index in [1.54, 1.807) is 0 Å². The summed E-state index contributed by atoms with van der Waals surface area (Å²) in [5.41, 5.74) is 0. The van der Waals surface area contributed by atoms with Crippen LogP contribution < -0.4 is 5.32 Å². The SMILES string of the molecule is CCC1CCN(C(C)C2CCC2)CCC(C)N1. The zero-order chi connectivity index (χ0) is 12.3. The summed E-state index contributed by atoms with van der Waals surface area (Å²) in [6.07, 6.45) is 8.34. The third-order valence-electron chi connectivity index (χ3n) is 5.04. The molecular weight excluding hydrogens is 208 g/mol. The van der Waals surface area contributed by atoms with E-state index in [2.05, 4.69) is 31.0 Å². The zero-order valence-corrected chi connectivity index (χ0v) is 11.9. The zero-order valence-electron chi connectivity index (χ0n) is 11.9. The van der Waals surface area contributed by atoms with Crippen LogP contribution in [0, 0.1) is 5.92 Å². The molecule has 2 rings (SSSR count). The smallest absolute Gasteiger partial charge is 0.00952 e. The molecule has 1 N–H and O–H groups in total. The Morgan fingerprint density at radius 1 is 1.18 bits per heavy atom. The summed E-state index contributed by atoms with van der Waals surface area (Å²) in [6.45, 7) is 9.72. The highest BCUT2D eigenvalue weighted by atomic mass is 15.2. The fourth-order valence-electron chi connectivity index (χ4n) is 3.31. The average Bonchev–Trinajstić information content (AvgIpc) is 2.21. The minimum absolute atomic E-state index is 0.691. The van der Waals surface area contributed by atoms with Crippen molar-refractivity contribution in [1.29, 1.82) is 0 Å². The molecule has 0 aromatic rings. The summed E-state index contributed by atoms with van der Waals surface area (Å²) in [5, 5.41) is 3.76. The highest BCUT2D eigenvalue weighted by molar-refractivity contribution is 4.85. The van der Waals surface area contributed by atoms with Crippen LogP contribution in [-0.2, 0) is 0 Å². The van der Waals surface area contributed by atoms with Gasteiger partial charge in [-0.25, -0.2) is 0 Å². The van der Waals surface area contributed by atoms with Gasteiger partial charge in [0, 0.05) is 18.1 Å².